The molecule has 2 N–H and O–H groups in total. The molecule has 1 aromatic heterocycles. The molecule has 1 heterocycles. The summed E-state index contributed by atoms with van der Waals surface area (Å²) in [5.74, 6) is 0.430. The highest BCUT2D eigenvalue weighted by Crippen LogP contribution is 2.16. The van der Waals surface area contributed by atoms with Gasteiger partial charge < -0.3 is 9.52 Å². The highest BCUT2D eigenvalue weighted by atomic mass is 32.2. The molecule has 1 atom stereocenters. The molecule has 0 saturated heterocycles. The molecule has 108 valence electrons. The van der Waals surface area contributed by atoms with Crippen molar-refractivity contribution in [3.63, 3.8) is 0 Å². The second-order valence-electron chi connectivity index (χ2n) is 4.53. The lowest BCUT2D eigenvalue weighted by molar-refractivity contribution is 0.142. The summed E-state index contributed by atoms with van der Waals surface area (Å²) in [6.07, 6.45) is 0.902. The van der Waals surface area contributed by atoms with Crippen LogP contribution in [0.15, 0.2) is 52.0 Å². The van der Waals surface area contributed by atoms with Gasteiger partial charge in [0.2, 0.25) is 10.0 Å². The van der Waals surface area contributed by atoms with Gasteiger partial charge in [0.15, 0.2) is 0 Å². The number of rotatable bonds is 6. The molecule has 5 nitrogen and oxygen atoms in total. The van der Waals surface area contributed by atoms with E-state index in [1.54, 1.807) is 36.4 Å². The molecule has 0 aliphatic rings. The van der Waals surface area contributed by atoms with Gasteiger partial charge in [0.25, 0.3) is 0 Å². The van der Waals surface area contributed by atoms with Crippen LogP contribution in [-0.4, -0.2) is 20.1 Å². The van der Waals surface area contributed by atoms with Crippen LogP contribution in [-0.2, 0) is 10.0 Å². The van der Waals surface area contributed by atoms with Gasteiger partial charge in [0, 0.05) is 6.54 Å². The summed E-state index contributed by atoms with van der Waals surface area (Å²) in [7, 11) is -3.53. The van der Waals surface area contributed by atoms with E-state index in [0.29, 0.717) is 5.76 Å². The molecule has 0 aliphatic carbocycles. The Balaban J connectivity index is 1.91. The molecule has 2 rings (SSSR count). The molecule has 0 spiro atoms. The average Bonchev–Trinajstić information content (AvgIpc) is 2.93. The maximum absolute atomic E-state index is 12.0. The Morgan fingerprint density at radius 1 is 1.25 bits per heavy atom. The molecule has 0 bridgehead atoms. The molecule has 1 unspecified atom stereocenters. The van der Waals surface area contributed by atoms with Gasteiger partial charge in [-0.05, 0) is 37.6 Å². The van der Waals surface area contributed by atoms with Crippen molar-refractivity contribution < 1.29 is 17.9 Å². The molecule has 2 aromatic rings. The SMILES string of the molecule is Cc1ccc(S(=O)(=O)NCCC(O)c2ccco2)cc1. The number of sulfonamides is 1. The van der Waals surface area contributed by atoms with Crippen LogP contribution in [0.25, 0.3) is 0 Å². The predicted molar refractivity (Wildman–Crippen MR) is 74.7 cm³/mol. The fourth-order valence-electron chi connectivity index (χ4n) is 1.75. The van der Waals surface area contributed by atoms with Gasteiger partial charge in [-0.15, -0.1) is 0 Å². The standard InChI is InChI=1S/C14H17NO4S/c1-11-4-6-12(7-5-11)20(17,18)15-9-8-13(16)14-3-2-10-19-14/h2-7,10,13,15-16H,8-9H2,1H3. The van der Waals surface area contributed by atoms with Gasteiger partial charge >= 0.3 is 0 Å². The van der Waals surface area contributed by atoms with Crippen LogP contribution < -0.4 is 4.72 Å². The van der Waals surface area contributed by atoms with E-state index < -0.39 is 16.1 Å². The number of hydrogen-bond acceptors (Lipinski definition) is 4. The number of hydrogen-bond donors (Lipinski definition) is 2. The first-order valence-electron chi connectivity index (χ1n) is 6.27. The fourth-order valence-corrected chi connectivity index (χ4v) is 2.80. The third-order valence-electron chi connectivity index (χ3n) is 2.91. The minimum atomic E-state index is -3.53. The Labute approximate surface area is 118 Å². The zero-order chi connectivity index (χ0) is 14.6. The molecule has 0 fully saturated rings. The topological polar surface area (TPSA) is 79.5 Å². The summed E-state index contributed by atoms with van der Waals surface area (Å²) < 4.78 is 31.5. The maximum Gasteiger partial charge on any atom is 0.240 e. The maximum atomic E-state index is 12.0. The van der Waals surface area contributed by atoms with E-state index in [2.05, 4.69) is 4.72 Å². The Bertz CT molecular complexity index is 632. The van der Waals surface area contributed by atoms with Gasteiger partial charge in [-0.3, -0.25) is 0 Å². The van der Waals surface area contributed by atoms with E-state index >= 15 is 0 Å². The number of nitrogens with one attached hydrogen (secondary N) is 1. The van der Waals surface area contributed by atoms with E-state index in [9.17, 15) is 13.5 Å². The van der Waals surface area contributed by atoms with Crippen molar-refractivity contribution in [2.24, 2.45) is 0 Å². The van der Waals surface area contributed by atoms with Gasteiger partial charge in [-0.1, -0.05) is 17.7 Å². The van der Waals surface area contributed by atoms with Gasteiger partial charge in [-0.25, -0.2) is 13.1 Å². The van der Waals surface area contributed by atoms with Crippen molar-refractivity contribution >= 4 is 10.0 Å². The first-order valence-corrected chi connectivity index (χ1v) is 7.75. The van der Waals surface area contributed by atoms with Crippen LogP contribution in [0.4, 0.5) is 0 Å². The van der Waals surface area contributed by atoms with Crippen LogP contribution in [0.5, 0.6) is 0 Å². The Morgan fingerprint density at radius 3 is 2.55 bits per heavy atom. The summed E-state index contributed by atoms with van der Waals surface area (Å²) >= 11 is 0. The monoisotopic (exact) mass is 295 g/mol. The van der Waals surface area contributed by atoms with Crippen LogP contribution in [0.2, 0.25) is 0 Å². The molecule has 0 saturated carbocycles. The number of aryl methyl sites for hydroxylation is 1. The first-order chi connectivity index (χ1) is 9.49. The molecule has 0 amide bonds. The molecule has 1 aromatic carbocycles. The Morgan fingerprint density at radius 2 is 1.95 bits per heavy atom. The van der Waals surface area contributed by atoms with Crippen molar-refractivity contribution in [1.29, 1.82) is 0 Å². The predicted octanol–water partition coefficient (Wildman–Crippen LogP) is 1.99. The lowest BCUT2D eigenvalue weighted by Gasteiger charge is -2.09. The second kappa shape index (κ2) is 6.21. The van der Waals surface area contributed by atoms with Crippen molar-refractivity contribution in [2.75, 3.05) is 6.54 Å². The van der Waals surface area contributed by atoms with E-state index in [1.807, 2.05) is 6.92 Å². The number of furan rings is 1. The number of aliphatic hydroxyl groups excluding tert-OH is 1. The van der Waals surface area contributed by atoms with Crippen LogP contribution in [0.3, 0.4) is 0 Å². The summed E-state index contributed by atoms with van der Waals surface area (Å²) in [5, 5.41) is 9.78. The third kappa shape index (κ3) is 3.69. The highest BCUT2D eigenvalue weighted by molar-refractivity contribution is 7.89. The highest BCUT2D eigenvalue weighted by Gasteiger charge is 2.15. The van der Waals surface area contributed by atoms with Crippen molar-refractivity contribution in [2.45, 2.75) is 24.3 Å². The van der Waals surface area contributed by atoms with Crippen molar-refractivity contribution in [3.05, 3.63) is 54.0 Å². The zero-order valence-corrected chi connectivity index (χ0v) is 11.9. The molecular formula is C14H17NO4S. The largest absolute Gasteiger partial charge is 0.467 e. The second-order valence-corrected chi connectivity index (χ2v) is 6.30. The normalized spacial score (nSPS) is 13.3. The molecule has 0 aliphatic heterocycles. The molecule has 6 heteroatoms. The molecule has 0 radical (unpaired) electrons. The third-order valence-corrected chi connectivity index (χ3v) is 4.39. The van der Waals surface area contributed by atoms with Gasteiger partial charge in [0.05, 0.1) is 11.2 Å². The van der Waals surface area contributed by atoms with Crippen molar-refractivity contribution in [3.8, 4) is 0 Å². The van der Waals surface area contributed by atoms with Crippen LogP contribution in [0.1, 0.15) is 23.8 Å². The summed E-state index contributed by atoms with van der Waals surface area (Å²) in [4.78, 5) is 0.218. The fraction of sp³-hybridized carbons (Fsp3) is 0.286. The van der Waals surface area contributed by atoms with E-state index in [1.165, 1.54) is 6.26 Å². The van der Waals surface area contributed by atoms with E-state index in [-0.39, 0.29) is 17.9 Å². The van der Waals surface area contributed by atoms with Gasteiger partial charge in [-0.2, -0.15) is 0 Å². The minimum Gasteiger partial charge on any atom is -0.467 e. The van der Waals surface area contributed by atoms with Crippen LogP contribution in [0, 0.1) is 6.92 Å². The van der Waals surface area contributed by atoms with E-state index in [4.69, 9.17) is 4.42 Å². The Hall–Kier alpha value is -1.63. The zero-order valence-electron chi connectivity index (χ0n) is 11.1. The Kier molecular flexibility index (Phi) is 4.59. The summed E-state index contributed by atoms with van der Waals surface area (Å²) in [6.45, 7) is 2.03. The lowest BCUT2D eigenvalue weighted by atomic mass is 10.2. The van der Waals surface area contributed by atoms with Crippen LogP contribution >= 0.6 is 0 Å². The minimum absolute atomic E-state index is 0.137. The number of benzene rings is 1. The lowest BCUT2D eigenvalue weighted by Crippen LogP contribution is -2.25. The van der Waals surface area contributed by atoms with Gasteiger partial charge in [0.1, 0.15) is 11.9 Å². The molecule has 20 heavy (non-hydrogen) atoms. The number of aliphatic hydroxyl groups is 1. The van der Waals surface area contributed by atoms with Crippen molar-refractivity contribution in [1.82, 2.24) is 4.72 Å². The average molecular weight is 295 g/mol. The summed E-state index contributed by atoms with van der Waals surface area (Å²) in [5.41, 5.74) is 0.997. The quantitative estimate of drug-likeness (QED) is 0.854. The smallest absolute Gasteiger partial charge is 0.240 e. The molecular weight excluding hydrogens is 278 g/mol. The summed E-state index contributed by atoms with van der Waals surface area (Å²) in [6, 6.07) is 9.92. The van der Waals surface area contributed by atoms with E-state index in [0.717, 1.165) is 5.56 Å². The first kappa shape index (κ1) is 14.8.